The number of Topliss-reactive ketones (excluding diaryl/α,β-unsaturated/α-hetero) is 1. The molecule has 1 saturated heterocycles. The van der Waals surface area contributed by atoms with E-state index in [0.29, 0.717) is 5.78 Å². The number of hydrogen-bond donors (Lipinski definition) is 1. The molecule has 0 radical (unpaired) electrons. The number of rotatable bonds is 6. The van der Waals surface area contributed by atoms with Crippen molar-refractivity contribution in [1.29, 1.82) is 0 Å². The molecular weight excluding hydrogens is 496 g/mol. The SMILES string of the molecule is CN1CCC(CCn2cc(C(=O)C3C(C)(C)C3(C)C)c3ccccc32)CC1.Cc1ccc(S(=O)(=O)O)cc1. The zero-order chi connectivity index (χ0) is 27.9. The van der Waals surface area contributed by atoms with Gasteiger partial charge in [-0.1, -0.05) is 63.6 Å². The minimum atomic E-state index is -4.02. The zero-order valence-electron chi connectivity index (χ0n) is 23.6. The number of aromatic nitrogens is 1. The van der Waals surface area contributed by atoms with Crippen LogP contribution in [0.1, 0.15) is 62.9 Å². The van der Waals surface area contributed by atoms with Crippen LogP contribution in [0.15, 0.2) is 59.6 Å². The van der Waals surface area contributed by atoms with Crippen molar-refractivity contribution in [3.8, 4) is 0 Å². The molecule has 206 valence electrons. The van der Waals surface area contributed by atoms with E-state index in [1.54, 1.807) is 12.1 Å². The maximum absolute atomic E-state index is 13.4. The Kier molecular flexibility index (Phi) is 7.95. The van der Waals surface area contributed by atoms with E-state index in [-0.39, 0.29) is 21.6 Å². The maximum atomic E-state index is 13.4. The number of likely N-dealkylation sites (tertiary alicyclic amines) is 1. The van der Waals surface area contributed by atoms with Gasteiger partial charge in [0.05, 0.1) is 4.90 Å². The summed E-state index contributed by atoms with van der Waals surface area (Å²) >= 11 is 0. The first kappa shape index (κ1) is 28.5. The smallest absolute Gasteiger partial charge is 0.294 e. The Morgan fingerprint density at radius 2 is 1.55 bits per heavy atom. The van der Waals surface area contributed by atoms with Crippen molar-refractivity contribution in [2.24, 2.45) is 22.7 Å². The Hall–Kier alpha value is -2.48. The monoisotopic (exact) mass is 538 g/mol. The Morgan fingerprint density at radius 3 is 2.11 bits per heavy atom. The van der Waals surface area contributed by atoms with E-state index in [2.05, 4.69) is 74.7 Å². The van der Waals surface area contributed by atoms with Crippen LogP contribution in [0.5, 0.6) is 0 Å². The number of para-hydroxylation sites is 1. The Balaban J connectivity index is 0.000000257. The summed E-state index contributed by atoms with van der Waals surface area (Å²) in [4.78, 5) is 15.8. The molecule has 0 spiro atoms. The van der Waals surface area contributed by atoms with Gasteiger partial charge in [-0.2, -0.15) is 8.42 Å². The molecule has 3 aromatic rings. The molecule has 1 N–H and O–H groups in total. The molecule has 38 heavy (non-hydrogen) atoms. The van der Waals surface area contributed by atoms with Crippen molar-refractivity contribution < 1.29 is 17.8 Å². The van der Waals surface area contributed by atoms with Crippen LogP contribution in [0.25, 0.3) is 10.9 Å². The number of aryl methyl sites for hydroxylation is 2. The van der Waals surface area contributed by atoms with Gasteiger partial charge < -0.3 is 9.47 Å². The van der Waals surface area contributed by atoms with Gasteiger partial charge >= 0.3 is 0 Å². The molecule has 1 aliphatic heterocycles. The van der Waals surface area contributed by atoms with Gasteiger partial charge in [-0.3, -0.25) is 9.35 Å². The number of fused-ring (bicyclic) bond motifs is 1. The van der Waals surface area contributed by atoms with E-state index in [1.807, 2.05) is 6.92 Å². The second-order valence-electron chi connectivity index (χ2n) is 12.3. The average Bonchev–Trinajstić information content (AvgIpc) is 3.11. The van der Waals surface area contributed by atoms with Crippen LogP contribution in [0.2, 0.25) is 0 Å². The highest BCUT2D eigenvalue weighted by atomic mass is 32.2. The summed E-state index contributed by atoms with van der Waals surface area (Å²) in [6, 6.07) is 14.4. The number of piperidine rings is 1. The fourth-order valence-corrected chi connectivity index (χ4v) is 6.50. The molecule has 5 rings (SSSR count). The molecule has 0 atom stereocenters. The summed E-state index contributed by atoms with van der Waals surface area (Å²) in [5.41, 5.74) is 3.27. The van der Waals surface area contributed by atoms with E-state index < -0.39 is 10.1 Å². The van der Waals surface area contributed by atoms with Gasteiger partial charge in [-0.15, -0.1) is 0 Å². The van der Waals surface area contributed by atoms with E-state index in [9.17, 15) is 13.2 Å². The maximum Gasteiger partial charge on any atom is 0.294 e. The third-order valence-corrected chi connectivity index (χ3v) is 10.1. The largest absolute Gasteiger partial charge is 0.347 e. The van der Waals surface area contributed by atoms with Crippen molar-refractivity contribution in [3.05, 3.63) is 65.9 Å². The summed E-state index contributed by atoms with van der Waals surface area (Å²) in [5, 5.41) is 1.13. The normalized spacial score (nSPS) is 19.7. The highest BCUT2D eigenvalue weighted by Gasteiger charge is 2.68. The van der Waals surface area contributed by atoms with Gasteiger partial charge in [0.25, 0.3) is 10.1 Å². The highest BCUT2D eigenvalue weighted by molar-refractivity contribution is 7.85. The van der Waals surface area contributed by atoms with E-state index in [4.69, 9.17) is 4.55 Å². The fraction of sp³-hybridized carbons (Fsp3) is 0.516. The van der Waals surface area contributed by atoms with Gasteiger partial charge in [0.2, 0.25) is 0 Å². The first-order chi connectivity index (χ1) is 17.7. The number of carbonyl (C=O) groups excluding carboxylic acids is 1. The van der Waals surface area contributed by atoms with Crippen LogP contribution in [0, 0.1) is 29.6 Å². The molecule has 2 fully saturated rings. The molecule has 2 heterocycles. The molecule has 2 aliphatic rings. The molecule has 1 aliphatic carbocycles. The number of hydrogen-bond acceptors (Lipinski definition) is 4. The lowest BCUT2D eigenvalue weighted by Crippen LogP contribution is -2.30. The lowest BCUT2D eigenvalue weighted by molar-refractivity contribution is 0.0946. The average molecular weight is 539 g/mol. The van der Waals surface area contributed by atoms with Crippen LogP contribution in [-0.2, 0) is 16.7 Å². The molecule has 1 aromatic heterocycles. The topological polar surface area (TPSA) is 79.6 Å². The quantitative estimate of drug-likeness (QED) is 0.287. The minimum Gasteiger partial charge on any atom is -0.347 e. The molecular formula is C31H42N2O4S. The third-order valence-electron chi connectivity index (χ3n) is 9.27. The molecule has 7 heteroatoms. The van der Waals surface area contributed by atoms with E-state index in [1.165, 1.54) is 50.0 Å². The summed E-state index contributed by atoms with van der Waals surface area (Å²) < 4.78 is 31.9. The second-order valence-corrected chi connectivity index (χ2v) is 13.7. The van der Waals surface area contributed by atoms with Crippen LogP contribution in [-0.4, -0.2) is 48.4 Å². The molecule has 0 bridgehead atoms. The van der Waals surface area contributed by atoms with Crippen molar-refractivity contribution in [1.82, 2.24) is 9.47 Å². The Morgan fingerprint density at radius 1 is 0.974 bits per heavy atom. The van der Waals surface area contributed by atoms with Crippen LogP contribution < -0.4 is 0 Å². The van der Waals surface area contributed by atoms with Crippen molar-refractivity contribution in [2.45, 2.75) is 65.3 Å². The number of benzene rings is 2. The van der Waals surface area contributed by atoms with E-state index >= 15 is 0 Å². The van der Waals surface area contributed by atoms with Crippen LogP contribution in [0.3, 0.4) is 0 Å². The number of nitrogens with zero attached hydrogens (tertiary/aromatic N) is 2. The number of carbonyl (C=O) groups is 1. The Labute approximate surface area is 227 Å². The predicted octanol–water partition coefficient (Wildman–Crippen LogP) is 6.48. The van der Waals surface area contributed by atoms with Gasteiger partial charge in [-0.25, -0.2) is 0 Å². The minimum absolute atomic E-state index is 0.0666. The Bertz CT molecular complexity index is 1380. The van der Waals surface area contributed by atoms with Gasteiger partial charge in [0.15, 0.2) is 5.78 Å². The lowest BCUT2D eigenvalue weighted by Gasteiger charge is -2.29. The summed E-state index contributed by atoms with van der Waals surface area (Å²) in [7, 11) is -1.80. The highest BCUT2D eigenvalue weighted by Crippen LogP contribution is 2.69. The summed E-state index contributed by atoms with van der Waals surface area (Å²) in [6.45, 7) is 14.2. The van der Waals surface area contributed by atoms with E-state index in [0.717, 1.165) is 29.0 Å². The predicted molar refractivity (Wildman–Crippen MR) is 153 cm³/mol. The first-order valence-corrected chi connectivity index (χ1v) is 15.0. The van der Waals surface area contributed by atoms with Gasteiger partial charge in [0.1, 0.15) is 0 Å². The van der Waals surface area contributed by atoms with Crippen LogP contribution >= 0.6 is 0 Å². The molecule has 6 nitrogen and oxygen atoms in total. The summed E-state index contributed by atoms with van der Waals surface area (Å²) in [5.74, 6) is 1.26. The standard InChI is InChI=1S/C24H34N2O.C7H8O3S/c1-23(2)22(24(23,3)4)21(27)19-16-26(20-9-7-6-8-18(19)20)15-12-17-10-13-25(5)14-11-17;1-6-2-4-7(5-3-6)11(8,9)10/h6-9,16-17,22H,10-15H2,1-5H3;2-5H,1H3,(H,8,9,10). The molecule has 2 aromatic carbocycles. The second kappa shape index (κ2) is 10.6. The van der Waals surface area contributed by atoms with Crippen molar-refractivity contribution in [2.75, 3.05) is 20.1 Å². The fourth-order valence-electron chi connectivity index (χ4n) is 6.02. The first-order valence-electron chi connectivity index (χ1n) is 13.6. The van der Waals surface area contributed by atoms with Crippen molar-refractivity contribution in [3.63, 3.8) is 0 Å². The molecule has 0 amide bonds. The van der Waals surface area contributed by atoms with Crippen molar-refractivity contribution >= 4 is 26.8 Å². The molecule has 1 saturated carbocycles. The zero-order valence-corrected chi connectivity index (χ0v) is 24.4. The number of ketones is 1. The molecule has 0 unspecified atom stereocenters. The third kappa shape index (κ3) is 5.75. The summed E-state index contributed by atoms with van der Waals surface area (Å²) in [6.07, 6.45) is 5.95. The van der Waals surface area contributed by atoms with Gasteiger partial charge in [-0.05, 0) is 81.3 Å². The lowest BCUT2D eigenvalue weighted by atomic mass is 9.94. The van der Waals surface area contributed by atoms with Gasteiger partial charge in [0, 0.05) is 35.1 Å². The van der Waals surface area contributed by atoms with Crippen LogP contribution in [0.4, 0.5) is 0 Å².